The number of methoxy groups -OCH3 is 1. The fourth-order valence-corrected chi connectivity index (χ4v) is 2.89. The lowest BCUT2D eigenvalue weighted by Crippen LogP contribution is -2.23. The minimum absolute atomic E-state index is 0.723. The van der Waals surface area contributed by atoms with Crippen molar-refractivity contribution in [3.8, 4) is 5.75 Å². The molecule has 3 N–H and O–H groups in total. The van der Waals surface area contributed by atoms with Gasteiger partial charge >= 0.3 is 0 Å². The third kappa shape index (κ3) is 5.56. The number of hydrogen-bond acceptors (Lipinski definition) is 4. The minimum Gasteiger partial charge on any atom is -0.495 e. The van der Waals surface area contributed by atoms with Crippen LogP contribution in [-0.4, -0.2) is 44.7 Å². The molecule has 0 unspecified atom stereocenters. The summed E-state index contributed by atoms with van der Waals surface area (Å²) >= 11 is 0. The number of nitrogen functional groups attached to an aromatic ring is 1. The molecule has 0 saturated carbocycles. The van der Waals surface area contributed by atoms with Crippen LogP contribution in [0.4, 0.5) is 5.69 Å². The molecule has 1 aromatic rings. The van der Waals surface area contributed by atoms with Gasteiger partial charge in [0.05, 0.1) is 12.8 Å². The van der Waals surface area contributed by atoms with Gasteiger partial charge in [-0.05, 0) is 82.5 Å². The molecule has 1 aliphatic heterocycles. The van der Waals surface area contributed by atoms with Gasteiger partial charge in [0.25, 0.3) is 0 Å². The Morgan fingerprint density at radius 3 is 2.71 bits per heavy atom. The van der Waals surface area contributed by atoms with E-state index in [1.54, 1.807) is 7.11 Å². The molecular weight excluding hydrogens is 262 g/mol. The van der Waals surface area contributed by atoms with E-state index in [0.717, 1.165) is 30.9 Å². The van der Waals surface area contributed by atoms with Crippen LogP contribution in [0.25, 0.3) is 0 Å². The monoisotopic (exact) mass is 291 g/mol. The molecule has 0 aromatic heterocycles. The molecule has 0 atom stereocenters. The Hall–Kier alpha value is -1.26. The fourth-order valence-electron chi connectivity index (χ4n) is 2.89. The lowest BCUT2D eigenvalue weighted by Gasteiger charge is -2.14. The van der Waals surface area contributed by atoms with Crippen LogP contribution in [0.15, 0.2) is 18.2 Å². The number of ether oxygens (including phenoxy) is 1. The largest absolute Gasteiger partial charge is 0.495 e. The number of nitrogens with zero attached hydrogens (tertiary/aromatic N) is 1. The molecule has 1 saturated heterocycles. The summed E-state index contributed by atoms with van der Waals surface area (Å²) in [6.45, 7) is 6.02. The highest BCUT2D eigenvalue weighted by atomic mass is 16.5. The van der Waals surface area contributed by atoms with E-state index in [-0.39, 0.29) is 0 Å². The topological polar surface area (TPSA) is 50.5 Å². The van der Waals surface area contributed by atoms with E-state index in [1.807, 2.05) is 12.1 Å². The number of hydrogen-bond donors (Lipinski definition) is 2. The Labute approximate surface area is 128 Å². The van der Waals surface area contributed by atoms with Crippen LogP contribution in [0.2, 0.25) is 0 Å². The van der Waals surface area contributed by atoms with E-state index in [1.165, 1.54) is 50.9 Å². The Morgan fingerprint density at radius 1 is 1.19 bits per heavy atom. The van der Waals surface area contributed by atoms with Crippen molar-refractivity contribution in [2.75, 3.05) is 45.6 Å². The highest BCUT2D eigenvalue weighted by Crippen LogP contribution is 2.21. The van der Waals surface area contributed by atoms with E-state index in [0.29, 0.717) is 0 Å². The molecule has 1 heterocycles. The quantitative estimate of drug-likeness (QED) is 0.541. The molecule has 4 heteroatoms. The molecule has 118 valence electrons. The molecule has 2 rings (SSSR count). The van der Waals surface area contributed by atoms with Crippen LogP contribution in [0.1, 0.15) is 31.2 Å². The van der Waals surface area contributed by atoms with Crippen molar-refractivity contribution >= 4 is 5.69 Å². The number of anilines is 1. The van der Waals surface area contributed by atoms with Crippen molar-refractivity contribution in [1.82, 2.24) is 10.2 Å². The number of unbranched alkanes of at least 4 members (excludes halogenated alkanes) is 1. The summed E-state index contributed by atoms with van der Waals surface area (Å²) in [5.41, 5.74) is 7.90. The van der Waals surface area contributed by atoms with Gasteiger partial charge in [0.15, 0.2) is 0 Å². The summed E-state index contributed by atoms with van der Waals surface area (Å²) in [6, 6.07) is 6.04. The lowest BCUT2D eigenvalue weighted by molar-refractivity contribution is 0.329. The molecule has 1 aromatic carbocycles. The fraction of sp³-hybridized carbons (Fsp3) is 0.647. The van der Waals surface area contributed by atoms with Crippen LogP contribution in [-0.2, 0) is 6.42 Å². The first-order valence-electron chi connectivity index (χ1n) is 8.15. The third-order valence-electron chi connectivity index (χ3n) is 4.16. The van der Waals surface area contributed by atoms with Gasteiger partial charge in [-0.2, -0.15) is 0 Å². The lowest BCUT2D eigenvalue weighted by atomic mass is 10.1. The normalized spacial score (nSPS) is 15.5. The van der Waals surface area contributed by atoms with Gasteiger partial charge in [-0.25, -0.2) is 0 Å². The molecule has 1 aliphatic rings. The average Bonchev–Trinajstić information content (AvgIpc) is 3.00. The minimum atomic E-state index is 0.723. The van der Waals surface area contributed by atoms with E-state index in [2.05, 4.69) is 16.3 Å². The Balaban J connectivity index is 1.52. The molecule has 21 heavy (non-hydrogen) atoms. The maximum Gasteiger partial charge on any atom is 0.141 e. The Kier molecular flexibility index (Phi) is 6.83. The number of nitrogens with one attached hydrogen (secondary N) is 1. The summed E-state index contributed by atoms with van der Waals surface area (Å²) in [7, 11) is 1.65. The van der Waals surface area contributed by atoms with Crippen molar-refractivity contribution in [1.29, 1.82) is 0 Å². The SMILES string of the molecule is COc1ccc(CCNCCCCN2CCCC2)cc1N. The van der Waals surface area contributed by atoms with Crippen LogP contribution in [0, 0.1) is 0 Å². The van der Waals surface area contributed by atoms with Crippen molar-refractivity contribution in [2.24, 2.45) is 0 Å². The van der Waals surface area contributed by atoms with Crippen LogP contribution >= 0.6 is 0 Å². The highest BCUT2D eigenvalue weighted by molar-refractivity contribution is 5.54. The van der Waals surface area contributed by atoms with Gasteiger partial charge < -0.3 is 20.7 Å². The molecular formula is C17H29N3O. The first-order valence-corrected chi connectivity index (χ1v) is 8.15. The predicted molar refractivity (Wildman–Crippen MR) is 88.9 cm³/mol. The maximum atomic E-state index is 5.91. The summed E-state index contributed by atoms with van der Waals surface area (Å²) in [5, 5.41) is 3.52. The second-order valence-electron chi connectivity index (χ2n) is 5.83. The summed E-state index contributed by atoms with van der Waals surface area (Å²) in [5.74, 6) is 0.758. The van der Waals surface area contributed by atoms with Gasteiger partial charge in [-0.15, -0.1) is 0 Å². The zero-order valence-electron chi connectivity index (χ0n) is 13.2. The number of rotatable bonds is 9. The van der Waals surface area contributed by atoms with Crippen molar-refractivity contribution in [3.63, 3.8) is 0 Å². The van der Waals surface area contributed by atoms with Gasteiger partial charge in [-0.3, -0.25) is 0 Å². The van der Waals surface area contributed by atoms with Crippen LogP contribution in [0.3, 0.4) is 0 Å². The van der Waals surface area contributed by atoms with Crippen molar-refractivity contribution < 1.29 is 4.74 Å². The molecule has 0 amide bonds. The smallest absolute Gasteiger partial charge is 0.141 e. The molecule has 0 spiro atoms. The second-order valence-corrected chi connectivity index (χ2v) is 5.83. The maximum absolute atomic E-state index is 5.91. The number of likely N-dealkylation sites (tertiary alicyclic amines) is 1. The Morgan fingerprint density at radius 2 is 2.00 bits per heavy atom. The van der Waals surface area contributed by atoms with E-state index in [4.69, 9.17) is 10.5 Å². The Bertz CT molecular complexity index is 416. The first-order chi connectivity index (χ1) is 10.3. The molecule has 1 fully saturated rings. The zero-order chi connectivity index (χ0) is 14.9. The summed E-state index contributed by atoms with van der Waals surface area (Å²) in [4.78, 5) is 2.58. The third-order valence-corrected chi connectivity index (χ3v) is 4.16. The van der Waals surface area contributed by atoms with Gasteiger partial charge in [0.1, 0.15) is 5.75 Å². The van der Waals surface area contributed by atoms with Gasteiger partial charge in [-0.1, -0.05) is 6.07 Å². The second kappa shape index (κ2) is 8.90. The van der Waals surface area contributed by atoms with E-state index < -0.39 is 0 Å². The van der Waals surface area contributed by atoms with E-state index >= 15 is 0 Å². The molecule has 0 aliphatic carbocycles. The molecule has 0 bridgehead atoms. The predicted octanol–water partition coefficient (Wildman–Crippen LogP) is 2.29. The standard InChI is InChI=1S/C17H29N3O/c1-21-17-7-6-15(14-16(17)18)8-10-19-9-2-3-11-20-12-4-5-13-20/h6-7,14,19H,2-5,8-13,18H2,1H3. The van der Waals surface area contributed by atoms with Gasteiger partial charge in [0.2, 0.25) is 0 Å². The highest BCUT2D eigenvalue weighted by Gasteiger charge is 2.09. The number of nitrogens with two attached hydrogens (primary N) is 1. The summed E-state index contributed by atoms with van der Waals surface area (Å²) < 4.78 is 5.17. The molecule has 4 nitrogen and oxygen atoms in total. The van der Waals surface area contributed by atoms with Crippen molar-refractivity contribution in [3.05, 3.63) is 23.8 Å². The zero-order valence-corrected chi connectivity index (χ0v) is 13.2. The molecule has 0 radical (unpaired) electrons. The summed E-state index contributed by atoms with van der Waals surface area (Å²) in [6.07, 6.45) is 6.37. The van der Waals surface area contributed by atoms with Gasteiger partial charge in [0, 0.05) is 0 Å². The van der Waals surface area contributed by atoms with Crippen molar-refractivity contribution in [2.45, 2.75) is 32.1 Å². The van der Waals surface area contributed by atoms with E-state index in [9.17, 15) is 0 Å². The number of benzene rings is 1. The van der Waals surface area contributed by atoms with Crippen LogP contribution < -0.4 is 15.8 Å². The first kappa shape index (κ1) is 16.1. The van der Waals surface area contributed by atoms with Crippen LogP contribution in [0.5, 0.6) is 5.75 Å². The average molecular weight is 291 g/mol.